The molecule has 0 aliphatic heterocycles. The second kappa shape index (κ2) is 29.8. The van der Waals surface area contributed by atoms with Crippen molar-refractivity contribution < 1.29 is 61.3 Å². The molecule has 0 aliphatic carbocycles. The van der Waals surface area contributed by atoms with E-state index < -0.39 is 10.8 Å². The Morgan fingerprint density at radius 3 is 1.50 bits per heavy atom. The minimum atomic E-state index is -0.915. The largest absolute Gasteiger partial charge is 0.490 e. The van der Waals surface area contributed by atoms with Gasteiger partial charge in [0.15, 0.2) is 0 Å². The first kappa shape index (κ1) is 65.1. The van der Waals surface area contributed by atoms with Crippen molar-refractivity contribution in [3.63, 3.8) is 0 Å². The molecule has 6 aromatic rings. The molecule has 0 aliphatic rings. The Balaban J connectivity index is 0.0000123. The van der Waals surface area contributed by atoms with Crippen molar-refractivity contribution in [2.75, 3.05) is 43.6 Å². The molecule has 1 amide bonds. The second-order valence-electron chi connectivity index (χ2n) is 23.0. The third kappa shape index (κ3) is 19.5. The van der Waals surface area contributed by atoms with Crippen molar-refractivity contribution in [3.8, 4) is 24.2 Å². The molecule has 0 spiro atoms. The van der Waals surface area contributed by atoms with Gasteiger partial charge in [-0.05, 0) is 170 Å². The molecule has 0 aromatic heterocycles. The van der Waals surface area contributed by atoms with Crippen LogP contribution in [-0.2, 0) is 51.8 Å². The summed E-state index contributed by atoms with van der Waals surface area (Å²) in [6.45, 7) is 21.5. The van der Waals surface area contributed by atoms with Gasteiger partial charge in [0.05, 0.1) is 57.7 Å². The summed E-state index contributed by atoms with van der Waals surface area (Å²) >= 11 is 0. The number of likely N-dealkylation sites (N-methyl/N-ethyl adjacent to an activating group) is 1. The Labute approximate surface area is 509 Å². The van der Waals surface area contributed by atoms with E-state index >= 15 is 0 Å². The average Bonchev–Trinajstić information content (AvgIpc) is 3.56. The number of anilines is 2. The van der Waals surface area contributed by atoms with Crippen LogP contribution in [0.3, 0.4) is 0 Å². The molecule has 1 N–H and O–H groups in total. The average molecular weight is 1180 g/mol. The molecule has 423 valence electrons. The first-order valence-corrected chi connectivity index (χ1v) is 27.0. The number of carbonyl (C=O) groups is 3. The normalized spacial score (nSPS) is 13.2. The zero-order valence-electron chi connectivity index (χ0n) is 49.1. The molecule has 1 radical (unpaired) electrons. The number of benzene rings is 6. The third-order valence-electron chi connectivity index (χ3n) is 14.1. The summed E-state index contributed by atoms with van der Waals surface area (Å²) in [5, 5.41) is 37.6. The SMILES string of the molecule is C#Cc1ccc(N=Nc2ccc(NC(=O)c3ccc(OCCOC(=O)C(C)(CC(C)(C)C)[C-](C)CC(C)(C)CC(C)(C(=O)OCCN(C)c4ccc(N=Nc5ccc(N=Nc6ccc(C#N)cc6)cc5)cc4)C(C)C)cc3)cc2)cc1.[Y]. The van der Waals surface area contributed by atoms with Gasteiger partial charge in [-0.25, -0.2) is 0 Å². The Morgan fingerprint density at radius 1 is 0.610 bits per heavy atom. The fourth-order valence-electron chi connectivity index (χ4n) is 9.41. The standard InChI is InChI=1S/C66H74N9O6.Y/c1-13-48-14-20-52(21-15-48)69-71-54-26-24-51(25-27-54)68-60(76)50-18-36-59(37-19-50)79-40-41-81-62(78)66(11,44-63(5,6)7)47(4)42-64(8,9)45-65(10,46(2)3)61(77)80-39-38-75(12)58-34-32-57(33-35-58)74-73-56-30-28-55(29-31-56)72-70-53-22-16-49(43-67)17-23-53;/h1,14-37,46H,38-42,44-45H2,2-12H3,(H,68,76);/q-1;. The van der Waals surface area contributed by atoms with Crippen LogP contribution in [0.15, 0.2) is 176 Å². The second-order valence-corrected chi connectivity index (χ2v) is 23.0. The number of azo groups is 3. The molecule has 6 aromatic carbocycles. The minimum absolute atomic E-state index is 0. The van der Waals surface area contributed by atoms with Crippen molar-refractivity contribution in [1.82, 2.24) is 0 Å². The number of hydrogen-bond acceptors (Lipinski definition) is 14. The number of nitriles is 1. The van der Waals surface area contributed by atoms with E-state index in [-0.39, 0.29) is 87.1 Å². The number of nitrogens with zero attached hydrogens (tertiary/aromatic N) is 8. The van der Waals surface area contributed by atoms with Crippen LogP contribution >= 0.6 is 0 Å². The van der Waals surface area contributed by atoms with E-state index in [1.165, 1.54) is 0 Å². The predicted octanol–water partition coefficient (Wildman–Crippen LogP) is 17.1. The molecular formula is C66H74N9O6Y-. The number of hydrogen-bond donors (Lipinski definition) is 1. The van der Waals surface area contributed by atoms with Crippen LogP contribution in [0.1, 0.15) is 110 Å². The molecule has 0 saturated carbocycles. The van der Waals surface area contributed by atoms with Gasteiger partial charge in [-0.3, -0.25) is 20.3 Å². The number of ether oxygens (including phenoxy) is 3. The number of nitrogens with one attached hydrogen (secondary N) is 1. The Kier molecular flexibility index (Phi) is 23.7. The quantitative estimate of drug-likeness (QED) is 0.0192. The van der Waals surface area contributed by atoms with Gasteiger partial charge in [0.1, 0.15) is 25.6 Å². The Morgan fingerprint density at radius 2 is 1.05 bits per heavy atom. The van der Waals surface area contributed by atoms with Crippen molar-refractivity contribution in [2.24, 2.45) is 58.3 Å². The summed E-state index contributed by atoms with van der Waals surface area (Å²) in [4.78, 5) is 43.3. The first-order chi connectivity index (χ1) is 38.5. The van der Waals surface area contributed by atoms with Crippen LogP contribution in [-0.4, -0.2) is 51.3 Å². The van der Waals surface area contributed by atoms with E-state index in [1.54, 1.807) is 109 Å². The van der Waals surface area contributed by atoms with Gasteiger partial charge in [-0.1, -0.05) is 78.6 Å². The molecule has 0 fully saturated rings. The van der Waals surface area contributed by atoms with Gasteiger partial charge < -0.3 is 24.4 Å². The predicted molar refractivity (Wildman–Crippen MR) is 320 cm³/mol. The molecule has 0 bridgehead atoms. The van der Waals surface area contributed by atoms with Crippen LogP contribution in [0.5, 0.6) is 5.75 Å². The zero-order chi connectivity index (χ0) is 58.8. The number of carbonyl (C=O) groups excluding carboxylic acids is 3. The van der Waals surface area contributed by atoms with Crippen molar-refractivity contribution in [1.29, 1.82) is 5.26 Å². The fourth-order valence-corrected chi connectivity index (χ4v) is 9.41. The number of esters is 2. The smallest absolute Gasteiger partial charge is 0.312 e. The first-order valence-electron chi connectivity index (χ1n) is 27.0. The van der Waals surface area contributed by atoms with Gasteiger partial charge in [-0.15, -0.1) is 6.42 Å². The van der Waals surface area contributed by atoms with Gasteiger partial charge in [0, 0.05) is 62.3 Å². The minimum Gasteiger partial charge on any atom is -0.490 e. The summed E-state index contributed by atoms with van der Waals surface area (Å²) in [6.07, 6.45) is 7.10. The summed E-state index contributed by atoms with van der Waals surface area (Å²) in [7, 11) is 1.95. The molecule has 2 unspecified atom stereocenters. The molecule has 6 rings (SSSR count). The topological polar surface area (TPSA) is 192 Å². The summed E-state index contributed by atoms with van der Waals surface area (Å²) in [5.74, 6) is 3.19. The molecule has 0 saturated heterocycles. The maximum Gasteiger partial charge on any atom is 0.312 e. The summed E-state index contributed by atoms with van der Waals surface area (Å²) < 4.78 is 17.9. The van der Waals surface area contributed by atoms with E-state index in [9.17, 15) is 14.4 Å². The van der Waals surface area contributed by atoms with Crippen molar-refractivity contribution >= 4 is 63.3 Å². The molecule has 2 atom stereocenters. The van der Waals surface area contributed by atoms with Crippen LogP contribution in [0.4, 0.5) is 45.5 Å². The summed E-state index contributed by atoms with van der Waals surface area (Å²) in [5.41, 5.74) is 4.96. The molecule has 0 heterocycles. The van der Waals surface area contributed by atoms with Crippen LogP contribution in [0, 0.1) is 57.2 Å². The van der Waals surface area contributed by atoms with Gasteiger partial charge >= 0.3 is 5.97 Å². The molecule has 16 heteroatoms. The van der Waals surface area contributed by atoms with Crippen LogP contribution < -0.4 is 15.0 Å². The maximum atomic E-state index is 14.2. The third-order valence-corrected chi connectivity index (χ3v) is 14.1. The number of amides is 1. The fraction of sp³-hybridized carbons (Fsp3) is 0.348. The molecular weight excluding hydrogens is 1100 g/mol. The summed E-state index contributed by atoms with van der Waals surface area (Å²) in [6, 6.07) is 44.8. The van der Waals surface area contributed by atoms with Crippen molar-refractivity contribution in [3.05, 3.63) is 168 Å². The van der Waals surface area contributed by atoms with E-state index in [4.69, 9.17) is 25.9 Å². The number of rotatable bonds is 25. The molecule has 15 nitrogen and oxygen atoms in total. The van der Waals surface area contributed by atoms with Gasteiger partial charge in [-0.2, -0.15) is 49.3 Å². The van der Waals surface area contributed by atoms with E-state index in [2.05, 4.69) is 96.5 Å². The maximum absolute atomic E-state index is 14.2. The zero-order valence-corrected chi connectivity index (χ0v) is 51.9. The Hall–Kier alpha value is -7.72. The van der Waals surface area contributed by atoms with E-state index in [0.717, 1.165) is 17.2 Å². The van der Waals surface area contributed by atoms with E-state index in [1.807, 2.05) is 69.1 Å². The van der Waals surface area contributed by atoms with Gasteiger partial charge in [0.25, 0.3) is 11.9 Å². The van der Waals surface area contributed by atoms with Crippen LogP contribution in [0.25, 0.3) is 0 Å². The Bertz CT molecular complexity index is 3230. The van der Waals surface area contributed by atoms with E-state index in [0.29, 0.717) is 82.5 Å². The van der Waals surface area contributed by atoms with Crippen molar-refractivity contribution in [2.45, 2.75) is 88.5 Å². The number of terminal acetylenes is 1. The van der Waals surface area contributed by atoms with Crippen LogP contribution in [0.2, 0.25) is 0 Å². The van der Waals surface area contributed by atoms with Gasteiger partial charge in [0.2, 0.25) is 0 Å². The molecule has 82 heavy (non-hydrogen) atoms. The monoisotopic (exact) mass is 1180 g/mol.